The predicted molar refractivity (Wildman–Crippen MR) is 74.5 cm³/mol. The lowest BCUT2D eigenvalue weighted by atomic mass is 10.1. The van der Waals surface area contributed by atoms with Crippen LogP contribution in [0.4, 0.5) is 0 Å². The van der Waals surface area contributed by atoms with Crippen LogP contribution >= 0.6 is 27.3 Å². The number of nitrogens with one attached hydrogen (secondary N) is 1. The Kier molecular flexibility index (Phi) is 3.77. The molecule has 0 fully saturated rings. The lowest BCUT2D eigenvalue weighted by Crippen LogP contribution is -2.40. The van der Waals surface area contributed by atoms with Crippen molar-refractivity contribution in [2.45, 2.75) is 19.4 Å². The van der Waals surface area contributed by atoms with Gasteiger partial charge in [0.25, 0.3) is 5.91 Å². The fourth-order valence-electron chi connectivity index (χ4n) is 1.45. The summed E-state index contributed by atoms with van der Waals surface area (Å²) in [7, 11) is 0. The van der Waals surface area contributed by atoms with Gasteiger partial charge in [-0.3, -0.25) is 4.79 Å². The summed E-state index contributed by atoms with van der Waals surface area (Å²) in [5, 5.41) is 5.72. The standard InChI is InChI=1S/C12H12BrN3OS/c1-12(2,11-14-5-6-18-11)16-10(17)8-3-4-9(13)15-7-8/h3-7H,1-2H3,(H,16,17). The van der Waals surface area contributed by atoms with E-state index < -0.39 is 5.54 Å². The number of halogens is 1. The highest BCUT2D eigenvalue weighted by atomic mass is 79.9. The number of thiazole rings is 1. The second-order valence-corrected chi connectivity index (χ2v) is 5.99. The van der Waals surface area contributed by atoms with Gasteiger partial charge in [-0.2, -0.15) is 0 Å². The number of pyridine rings is 1. The lowest BCUT2D eigenvalue weighted by molar-refractivity contribution is 0.0911. The second kappa shape index (κ2) is 5.16. The zero-order chi connectivity index (χ0) is 13.2. The van der Waals surface area contributed by atoms with E-state index in [4.69, 9.17) is 0 Å². The quantitative estimate of drug-likeness (QED) is 0.882. The van der Waals surface area contributed by atoms with Crippen LogP contribution in [-0.4, -0.2) is 15.9 Å². The highest BCUT2D eigenvalue weighted by molar-refractivity contribution is 9.10. The molecule has 0 bridgehead atoms. The maximum atomic E-state index is 12.1. The van der Waals surface area contributed by atoms with E-state index in [0.29, 0.717) is 10.2 Å². The first kappa shape index (κ1) is 13.2. The van der Waals surface area contributed by atoms with E-state index in [1.165, 1.54) is 17.5 Å². The van der Waals surface area contributed by atoms with Gasteiger partial charge in [-0.05, 0) is 41.9 Å². The first-order valence-corrected chi connectivity index (χ1v) is 7.00. The van der Waals surface area contributed by atoms with Crippen LogP contribution in [0.2, 0.25) is 0 Å². The largest absolute Gasteiger partial charge is 0.341 e. The van der Waals surface area contributed by atoms with Gasteiger partial charge in [-0.25, -0.2) is 9.97 Å². The molecule has 2 aromatic heterocycles. The van der Waals surface area contributed by atoms with E-state index in [-0.39, 0.29) is 5.91 Å². The molecule has 0 spiro atoms. The number of aromatic nitrogens is 2. The Morgan fingerprint density at radius 1 is 1.39 bits per heavy atom. The van der Waals surface area contributed by atoms with E-state index >= 15 is 0 Å². The smallest absolute Gasteiger partial charge is 0.253 e. The third kappa shape index (κ3) is 2.94. The van der Waals surface area contributed by atoms with Crippen molar-refractivity contribution in [3.63, 3.8) is 0 Å². The summed E-state index contributed by atoms with van der Waals surface area (Å²) in [6, 6.07) is 3.47. The molecule has 0 aliphatic heterocycles. The summed E-state index contributed by atoms with van der Waals surface area (Å²) < 4.78 is 0.707. The molecule has 94 valence electrons. The van der Waals surface area contributed by atoms with Crippen LogP contribution < -0.4 is 5.32 Å². The van der Waals surface area contributed by atoms with Crippen molar-refractivity contribution in [2.24, 2.45) is 0 Å². The molecule has 0 saturated heterocycles. The Labute approximate surface area is 118 Å². The van der Waals surface area contributed by atoms with Gasteiger partial charge in [0.05, 0.1) is 11.1 Å². The second-order valence-electron chi connectivity index (χ2n) is 4.29. The van der Waals surface area contributed by atoms with Crippen molar-refractivity contribution in [1.82, 2.24) is 15.3 Å². The van der Waals surface area contributed by atoms with Gasteiger partial charge in [0.1, 0.15) is 9.61 Å². The Morgan fingerprint density at radius 3 is 2.72 bits per heavy atom. The fraction of sp³-hybridized carbons (Fsp3) is 0.250. The van der Waals surface area contributed by atoms with Crippen molar-refractivity contribution in [3.05, 3.63) is 45.1 Å². The van der Waals surface area contributed by atoms with Gasteiger partial charge >= 0.3 is 0 Å². The van der Waals surface area contributed by atoms with E-state index in [1.807, 2.05) is 19.2 Å². The molecule has 0 atom stereocenters. The van der Waals surface area contributed by atoms with Crippen LogP contribution in [0.15, 0.2) is 34.5 Å². The van der Waals surface area contributed by atoms with Crippen molar-refractivity contribution >= 4 is 33.2 Å². The summed E-state index contributed by atoms with van der Waals surface area (Å²) >= 11 is 4.76. The van der Waals surface area contributed by atoms with Crippen LogP contribution in [0, 0.1) is 0 Å². The van der Waals surface area contributed by atoms with Crippen molar-refractivity contribution < 1.29 is 4.79 Å². The minimum Gasteiger partial charge on any atom is -0.341 e. The summed E-state index contributed by atoms with van der Waals surface area (Å²) in [6.07, 6.45) is 3.27. The van der Waals surface area contributed by atoms with Gasteiger partial charge in [-0.15, -0.1) is 11.3 Å². The van der Waals surface area contributed by atoms with E-state index in [0.717, 1.165) is 5.01 Å². The molecule has 2 heterocycles. The molecule has 2 rings (SSSR count). The number of carbonyl (C=O) groups excluding carboxylic acids is 1. The van der Waals surface area contributed by atoms with E-state index in [1.54, 1.807) is 18.3 Å². The molecule has 1 amide bonds. The van der Waals surface area contributed by atoms with Gasteiger partial charge < -0.3 is 5.32 Å². The molecular formula is C12H12BrN3OS. The van der Waals surface area contributed by atoms with Crippen LogP contribution in [0.5, 0.6) is 0 Å². The molecule has 0 aliphatic carbocycles. The first-order valence-electron chi connectivity index (χ1n) is 5.33. The predicted octanol–water partition coefficient (Wildman–Crippen LogP) is 2.97. The maximum Gasteiger partial charge on any atom is 0.253 e. The van der Waals surface area contributed by atoms with Gasteiger partial charge in [0, 0.05) is 17.8 Å². The molecule has 0 aliphatic rings. The highest BCUT2D eigenvalue weighted by Gasteiger charge is 2.25. The molecule has 18 heavy (non-hydrogen) atoms. The molecule has 6 heteroatoms. The summed E-state index contributed by atoms with van der Waals surface area (Å²) in [5.74, 6) is -0.157. The van der Waals surface area contributed by atoms with Crippen LogP contribution in [0.1, 0.15) is 29.2 Å². The van der Waals surface area contributed by atoms with Gasteiger partial charge in [0.2, 0.25) is 0 Å². The molecular weight excluding hydrogens is 314 g/mol. The summed E-state index contributed by atoms with van der Waals surface area (Å²) in [4.78, 5) is 20.3. The van der Waals surface area contributed by atoms with Gasteiger partial charge in [-0.1, -0.05) is 0 Å². The number of nitrogens with zero attached hydrogens (tertiary/aromatic N) is 2. The lowest BCUT2D eigenvalue weighted by Gasteiger charge is -2.23. The minimum atomic E-state index is -0.488. The number of hydrogen-bond donors (Lipinski definition) is 1. The van der Waals surface area contributed by atoms with E-state index in [2.05, 4.69) is 31.2 Å². The molecule has 4 nitrogen and oxygen atoms in total. The topological polar surface area (TPSA) is 54.9 Å². The summed E-state index contributed by atoms with van der Waals surface area (Å²) in [6.45, 7) is 3.85. The first-order chi connectivity index (χ1) is 8.49. The highest BCUT2D eigenvalue weighted by Crippen LogP contribution is 2.22. The summed E-state index contributed by atoms with van der Waals surface area (Å²) in [5.41, 5.74) is 0.0426. The maximum absolute atomic E-state index is 12.1. The number of hydrogen-bond acceptors (Lipinski definition) is 4. The molecule has 0 radical (unpaired) electrons. The molecule has 0 aromatic carbocycles. The van der Waals surface area contributed by atoms with E-state index in [9.17, 15) is 4.79 Å². The molecule has 1 N–H and O–H groups in total. The zero-order valence-electron chi connectivity index (χ0n) is 9.98. The number of amides is 1. The number of rotatable bonds is 3. The Bertz CT molecular complexity index is 537. The van der Waals surface area contributed by atoms with Crippen molar-refractivity contribution in [2.75, 3.05) is 0 Å². The molecule has 2 aromatic rings. The minimum absolute atomic E-state index is 0.157. The van der Waals surface area contributed by atoms with Crippen LogP contribution in [-0.2, 0) is 5.54 Å². The molecule has 0 saturated carbocycles. The average molecular weight is 326 g/mol. The number of carbonyl (C=O) groups is 1. The van der Waals surface area contributed by atoms with Crippen molar-refractivity contribution in [3.8, 4) is 0 Å². The fourth-order valence-corrected chi connectivity index (χ4v) is 2.40. The monoisotopic (exact) mass is 325 g/mol. The molecule has 0 unspecified atom stereocenters. The van der Waals surface area contributed by atoms with Gasteiger partial charge in [0.15, 0.2) is 0 Å². The Morgan fingerprint density at radius 2 is 2.17 bits per heavy atom. The third-order valence-corrected chi connectivity index (χ3v) is 3.95. The Balaban J connectivity index is 2.14. The normalized spacial score (nSPS) is 11.3. The third-order valence-electron chi connectivity index (χ3n) is 2.38. The van der Waals surface area contributed by atoms with Crippen LogP contribution in [0.3, 0.4) is 0 Å². The Hall–Kier alpha value is -1.27. The average Bonchev–Trinajstić information content (AvgIpc) is 2.83. The van der Waals surface area contributed by atoms with Crippen LogP contribution in [0.25, 0.3) is 0 Å². The SMILES string of the molecule is CC(C)(NC(=O)c1ccc(Br)nc1)c1nccs1. The zero-order valence-corrected chi connectivity index (χ0v) is 12.4. The van der Waals surface area contributed by atoms with Crippen molar-refractivity contribution in [1.29, 1.82) is 0 Å².